The van der Waals surface area contributed by atoms with Gasteiger partial charge in [-0.3, -0.25) is 4.79 Å². The van der Waals surface area contributed by atoms with Crippen LogP contribution in [-0.4, -0.2) is 27.4 Å². The monoisotopic (exact) mass is 292 g/mol. The number of rotatable bonds is 1. The first-order valence-electron chi connectivity index (χ1n) is 7.40. The zero-order chi connectivity index (χ0) is 15.1. The number of fused-ring (bicyclic) bond motifs is 3. The summed E-state index contributed by atoms with van der Waals surface area (Å²) in [4.78, 5) is 17.9. The van der Waals surface area contributed by atoms with Gasteiger partial charge in [0.05, 0.1) is 5.56 Å². The van der Waals surface area contributed by atoms with Gasteiger partial charge in [-0.15, -0.1) is 0 Å². The van der Waals surface area contributed by atoms with E-state index in [4.69, 9.17) is 0 Å². The van der Waals surface area contributed by atoms with E-state index in [-0.39, 0.29) is 11.7 Å². The molecular weight excluding hydrogens is 276 g/mol. The molecule has 2 aromatic carbocycles. The summed E-state index contributed by atoms with van der Waals surface area (Å²) in [7, 11) is 0. The number of hydrogen-bond donors (Lipinski definition) is 2. The fourth-order valence-corrected chi connectivity index (χ4v) is 3.16. The Morgan fingerprint density at radius 1 is 1.09 bits per heavy atom. The molecule has 4 nitrogen and oxygen atoms in total. The van der Waals surface area contributed by atoms with E-state index in [0.29, 0.717) is 18.7 Å². The fourth-order valence-electron chi connectivity index (χ4n) is 3.16. The average Bonchev–Trinajstić information content (AvgIpc) is 2.92. The Balaban J connectivity index is 1.70. The van der Waals surface area contributed by atoms with Gasteiger partial charge in [-0.1, -0.05) is 30.3 Å². The fraction of sp³-hybridized carbons (Fsp3) is 0.167. The Labute approximate surface area is 128 Å². The Morgan fingerprint density at radius 3 is 2.73 bits per heavy atom. The molecule has 22 heavy (non-hydrogen) atoms. The number of aromatic nitrogens is 1. The van der Waals surface area contributed by atoms with Crippen LogP contribution in [0.25, 0.3) is 10.9 Å². The highest BCUT2D eigenvalue weighted by Gasteiger charge is 2.25. The molecule has 0 spiro atoms. The number of carbonyl (C=O) groups excluding carboxylic acids is 1. The van der Waals surface area contributed by atoms with E-state index in [2.05, 4.69) is 17.1 Å². The van der Waals surface area contributed by atoms with Crippen molar-refractivity contribution in [2.75, 3.05) is 6.54 Å². The van der Waals surface area contributed by atoms with Gasteiger partial charge in [-0.2, -0.15) is 0 Å². The number of phenols is 1. The molecule has 1 aromatic heterocycles. The standard InChI is InChI=1S/C18H16N2O2/c21-17-8-4-2-6-13(17)18(22)20-10-9-16-14(11-20)12-5-1-3-7-15(12)19-16/h1-8,19,21H,9-11H2. The number of para-hydroxylation sites is 2. The predicted octanol–water partition coefficient (Wildman–Crippen LogP) is 3.07. The molecule has 110 valence electrons. The third kappa shape index (κ3) is 1.96. The third-order valence-corrected chi connectivity index (χ3v) is 4.30. The Hall–Kier alpha value is -2.75. The number of nitrogens with zero attached hydrogens (tertiary/aromatic N) is 1. The van der Waals surface area contributed by atoms with Crippen LogP contribution in [0.3, 0.4) is 0 Å². The van der Waals surface area contributed by atoms with E-state index >= 15 is 0 Å². The van der Waals surface area contributed by atoms with E-state index in [1.807, 2.05) is 12.1 Å². The van der Waals surface area contributed by atoms with Gasteiger partial charge in [-0.25, -0.2) is 0 Å². The molecule has 1 aliphatic rings. The van der Waals surface area contributed by atoms with Crippen molar-refractivity contribution in [2.24, 2.45) is 0 Å². The van der Waals surface area contributed by atoms with Crippen LogP contribution in [-0.2, 0) is 13.0 Å². The van der Waals surface area contributed by atoms with Crippen molar-refractivity contribution in [1.29, 1.82) is 0 Å². The first kappa shape index (κ1) is 13.0. The largest absolute Gasteiger partial charge is 0.507 e. The van der Waals surface area contributed by atoms with Gasteiger partial charge < -0.3 is 15.0 Å². The summed E-state index contributed by atoms with van der Waals surface area (Å²) in [5.74, 6) is -0.0775. The maximum atomic E-state index is 12.6. The highest BCUT2D eigenvalue weighted by atomic mass is 16.3. The van der Waals surface area contributed by atoms with Crippen molar-refractivity contribution in [1.82, 2.24) is 9.88 Å². The van der Waals surface area contributed by atoms with E-state index in [1.165, 1.54) is 16.6 Å². The number of aromatic amines is 1. The van der Waals surface area contributed by atoms with Crippen molar-refractivity contribution in [3.8, 4) is 5.75 Å². The van der Waals surface area contributed by atoms with Gasteiger partial charge in [0.1, 0.15) is 5.75 Å². The number of aromatic hydroxyl groups is 1. The lowest BCUT2D eigenvalue weighted by Crippen LogP contribution is -2.35. The topological polar surface area (TPSA) is 56.3 Å². The molecule has 2 heterocycles. The lowest BCUT2D eigenvalue weighted by atomic mass is 10.0. The maximum Gasteiger partial charge on any atom is 0.257 e. The second-order valence-electron chi connectivity index (χ2n) is 5.62. The van der Waals surface area contributed by atoms with Gasteiger partial charge in [0.2, 0.25) is 0 Å². The molecule has 3 aromatic rings. The molecule has 0 radical (unpaired) electrons. The second-order valence-corrected chi connectivity index (χ2v) is 5.62. The molecule has 0 saturated heterocycles. The highest BCUT2D eigenvalue weighted by Crippen LogP contribution is 2.29. The summed E-state index contributed by atoms with van der Waals surface area (Å²) in [5, 5.41) is 11.1. The van der Waals surface area contributed by atoms with Gasteiger partial charge in [0.15, 0.2) is 0 Å². The quantitative estimate of drug-likeness (QED) is 0.724. The lowest BCUT2D eigenvalue weighted by Gasteiger charge is -2.27. The molecule has 0 bridgehead atoms. The first-order valence-corrected chi connectivity index (χ1v) is 7.40. The molecule has 1 amide bonds. The van der Waals surface area contributed by atoms with Crippen LogP contribution < -0.4 is 0 Å². The van der Waals surface area contributed by atoms with Gasteiger partial charge in [0, 0.05) is 41.7 Å². The molecule has 0 unspecified atom stereocenters. The van der Waals surface area contributed by atoms with Crippen LogP contribution in [0.1, 0.15) is 21.6 Å². The van der Waals surface area contributed by atoms with E-state index in [0.717, 1.165) is 11.9 Å². The number of hydrogen-bond acceptors (Lipinski definition) is 2. The zero-order valence-electron chi connectivity index (χ0n) is 12.0. The van der Waals surface area contributed by atoms with Crippen LogP contribution in [0, 0.1) is 0 Å². The molecular formula is C18H16N2O2. The van der Waals surface area contributed by atoms with Gasteiger partial charge in [0.25, 0.3) is 5.91 Å². The van der Waals surface area contributed by atoms with Gasteiger partial charge in [-0.05, 0) is 18.2 Å². The van der Waals surface area contributed by atoms with Crippen LogP contribution in [0.4, 0.5) is 0 Å². The number of H-pyrrole nitrogens is 1. The lowest BCUT2D eigenvalue weighted by molar-refractivity contribution is 0.0732. The van der Waals surface area contributed by atoms with Crippen LogP contribution in [0.5, 0.6) is 5.75 Å². The molecule has 4 heteroatoms. The Bertz CT molecular complexity index is 866. The van der Waals surface area contributed by atoms with Crippen molar-refractivity contribution in [2.45, 2.75) is 13.0 Å². The van der Waals surface area contributed by atoms with E-state index < -0.39 is 0 Å². The summed E-state index contributed by atoms with van der Waals surface area (Å²) in [6.07, 6.45) is 0.809. The number of benzene rings is 2. The van der Waals surface area contributed by atoms with Crippen LogP contribution in [0.15, 0.2) is 48.5 Å². The number of nitrogens with one attached hydrogen (secondary N) is 1. The first-order chi connectivity index (χ1) is 10.7. The normalized spacial score (nSPS) is 14.1. The van der Waals surface area contributed by atoms with E-state index in [9.17, 15) is 9.90 Å². The van der Waals surface area contributed by atoms with Crippen molar-refractivity contribution in [3.63, 3.8) is 0 Å². The summed E-state index contributed by atoms with van der Waals surface area (Å²) in [6, 6.07) is 14.9. The minimum atomic E-state index is -0.117. The van der Waals surface area contributed by atoms with E-state index in [1.54, 1.807) is 29.2 Å². The summed E-state index contributed by atoms with van der Waals surface area (Å²) >= 11 is 0. The van der Waals surface area contributed by atoms with Crippen molar-refractivity contribution >= 4 is 16.8 Å². The second kappa shape index (κ2) is 4.91. The predicted molar refractivity (Wildman–Crippen MR) is 84.9 cm³/mol. The third-order valence-electron chi connectivity index (χ3n) is 4.30. The molecule has 2 N–H and O–H groups in total. The molecule has 0 aliphatic carbocycles. The summed E-state index contributed by atoms with van der Waals surface area (Å²) in [6.45, 7) is 1.24. The van der Waals surface area contributed by atoms with Gasteiger partial charge >= 0.3 is 0 Å². The number of phenolic OH excluding ortho intramolecular Hbond substituents is 1. The number of amides is 1. The minimum Gasteiger partial charge on any atom is -0.507 e. The SMILES string of the molecule is O=C(c1ccccc1O)N1CCc2[nH]c3ccccc3c2C1. The smallest absolute Gasteiger partial charge is 0.257 e. The maximum absolute atomic E-state index is 12.6. The van der Waals surface area contributed by atoms with Crippen molar-refractivity contribution < 1.29 is 9.90 Å². The van der Waals surface area contributed by atoms with Crippen LogP contribution in [0.2, 0.25) is 0 Å². The Morgan fingerprint density at radius 2 is 1.86 bits per heavy atom. The molecule has 1 aliphatic heterocycles. The number of carbonyl (C=O) groups is 1. The molecule has 0 saturated carbocycles. The molecule has 4 rings (SSSR count). The van der Waals surface area contributed by atoms with Crippen LogP contribution >= 0.6 is 0 Å². The highest BCUT2D eigenvalue weighted by molar-refractivity contribution is 5.97. The zero-order valence-corrected chi connectivity index (χ0v) is 12.0. The average molecular weight is 292 g/mol. The molecule has 0 atom stereocenters. The Kier molecular flexibility index (Phi) is 2.89. The molecule has 0 fully saturated rings. The minimum absolute atomic E-state index is 0.0391. The van der Waals surface area contributed by atoms with Crippen molar-refractivity contribution in [3.05, 3.63) is 65.4 Å². The summed E-state index contributed by atoms with van der Waals surface area (Å²) in [5.41, 5.74) is 3.88. The summed E-state index contributed by atoms with van der Waals surface area (Å²) < 4.78 is 0.